The van der Waals surface area contributed by atoms with Crippen molar-refractivity contribution in [2.45, 2.75) is 50.4 Å². The first-order valence-corrected chi connectivity index (χ1v) is 11.0. The van der Waals surface area contributed by atoms with E-state index >= 15 is 0 Å². The summed E-state index contributed by atoms with van der Waals surface area (Å²) in [4.78, 5) is 40.3. The first kappa shape index (κ1) is 24.5. The van der Waals surface area contributed by atoms with Gasteiger partial charge in [-0.05, 0) is 49.6 Å². The molecule has 3 atom stereocenters. The van der Waals surface area contributed by atoms with Gasteiger partial charge in [-0.25, -0.2) is 0 Å². The SMILES string of the molecule is C[C@]1(NC(=O)Cc2ccccc2)OC[C@@H]2CC[C@H](C(=O)Nc3ccc(OC(F)(F)F)cc3)N2C1=O. The molecule has 2 saturated heterocycles. The minimum Gasteiger partial charge on any atom is -0.406 e. The summed E-state index contributed by atoms with van der Waals surface area (Å²) in [6, 6.07) is 12.6. The van der Waals surface area contributed by atoms with Crippen LogP contribution < -0.4 is 15.4 Å². The number of benzene rings is 2. The van der Waals surface area contributed by atoms with Crippen molar-refractivity contribution in [1.29, 1.82) is 0 Å². The van der Waals surface area contributed by atoms with Crippen molar-refractivity contribution in [3.63, 3.8) is 0 Å². The zero-order chi connectivity index (χ0) is 25.2. The Morgan fingerprint density at radius 3 is 2.46 bits per heavy atom. The number of alkyl halides is 3. The van der Waals surface area contributed by atoms with E-state index in [0.29, 0.717) is 12.8 Å². The fourth-order valence-electron chi connectivity index (χ4n) is 4.33. The van der Waals surface area contributed by atoms with E-state index in [9.17, 15) is 27.6 Å². The van der Waals surface area contributed by atoms with Crippen molar-refractivity contribution in [3.05, 3.63) is 60.2 Å². The molecular weight excluding hydrogens is 467 g/mol. The molecule has 0 bridgehead atoms. The Morgan fingerprint density at radius 2 is 1.80 bits per heavy atom. The quantitative estimate of drug-likeness (QED) is 0.648. The number of nitrogens with one attached hydrogen (secondary N) is 2. The number of nitrogens with zero attached hydrogens (tertiary/aromatic N) is 1. The van der Waals surface area contributed by atoms with E-state index < -0.39 is 41.6 Å². The number of amides is 3. The summed E-state index contributed by atoms with van der Waals surface area (Å²) in [5, 5.41) is 5.28. The number of fused-ring (bicyclic) bond motifs is 1. The van der Waals surface area contributed by atoms with Crippen molar-refractivity contribution in [3.8, 4) is 5.75 Å². The molecule has 2 aliphatic heterocycles. The Hall–Kier alpha value is -3.60. The summed E-state index contributed by atoms with van der Waals surface area (Å²) in [6.45, 7) is 1.61. The molecule has 4 rings (SSSR count). The van der Waals surface area contributed by atoms with Gasteiger partial charge in [-0.15, -0.1) is 13.2 Å². The molecule has 0 radical (unpaired) electrons. The monoisotopic (exact) mass is 491 g/mol. The van der Waals surface area contributed by atoms with Gasteiger partial charge in [0.15, 0.2) is 0 Å². The Morgan fingerprint density at radius 1 is 1.11 bits per heavy atom. The predicted molar refractivity (Wildman–Crippen MR) is 118 cm³/mol. The van der Waals surface area contributed by atoms with Crippen molar-refractivity contribution < 1.29 is 37.0 Å². The van der Waals surface area contributed by atoms with Crippen LogP contribution in [0.25, 0.3) is 0 Å². The van der Waals surface area contributed by atoms with Gasteiger partial charge in [0.05, 0.1) is 19.1 Å². The van der Waals surface area contributed by atoms with Crippen molar-refractivity contribution >= 4 is 23.4 Å². The summed E-state index contributed by atoms with van der Waals surface area (Å²) >= 11 is 0. The number of hydrogen-bond acceptors (Lipinski definition) is 5. The second-order valence-electron chi connectivity index (χ2n) is 8.58. The maximum Gasteiger partial charge on any atom is 0.573 e. The standard InChI is InChI=1S/C24H24F3N3O5/c1-23(29-20(31)13-15-5-3-2-4-6-15)22(33)30-17(14-34-23)9-12-19(30)21(32)28-16-7-10-18(11-8-16)35-24(25,26)27/h2-8,10-11,17,19H,9,12-14H2,1H3,(H,28,32)(H,29,31)/t17-,19+,23-/m0/s1. The van der Waals surface area contributed by atoms with E-state index in [1.54, 1.807) is 12.1 Å². The lowest BCUT2D eigenvalue weighted by atomic mass is 10.1. The predicted octanol–water partition coefficient (Wildman–Crippen LogP) is 2.99. The fourth-order valence-corrected chi connectivity index (χ4v) is 4.33. The van der Waals surface area contributed by atoms with Gasteiger partial charge in [0.1, 0.15) is 11.8 Å². The molecule has 0 unspecified atom stereocenters. The smallest absolute Gasteiger partial charge is 0.406 e. The topological polar surface area (TPSA) is 97.0 Å². The van der Waals surface area contributed by atoms with Gasteiger partial charge in [-0.1, -0.05) is 30.3 Å². The van der Waals surface area contributed by atoms with Crippen LogP contribution in [0.15, 0.2) is 54.6 Å². The van der Waals surface area contributed by atoms with E-state index in [0.717, 1.165) is 17.7 Å². The normalized spacial score (nSPS) is 24.0. The lowest BCUT2D eigenvalue weighted by Crippen LogP contribution is -2.67. The molecule has 8 nitrogen and oxygen atoms in total. The maximum absolute atomic E-state index is 13.3. The fraction of sp³-hybridized carbons (Fsp3) is 0.375. The zero-order valence-electron chi connectivity index (χ0n) is 18.8. The zero-order valence-corrected chi connectivity index (χ0v) is 18.8. The Kier molecular flexibility index (Phi) is 6.70. The molecule has 0 aromatic heterocycles. The minimum atomic E-state index is -4.82. The molecule has 3 amide bonds. The van der Waals surface area contributed by atoms with Gasteiger partial charge in [0.25, 0.3) is 5.91 Å². The van der Waals surface area contributed by atoms with E-state index in [2.05, 4.69) is 15.4 Å². The summed E-state index contributed by atoms with van der Waals surface area (Å²) in [5.74, 6) is -1.82. The van der Waals surface area contributed by atoms with E-state index in [4.69, 9.17) is 4.74 Å². The summed E-state index contributed by atoms with van der Waals surface area (Å²) in [7, 11) is 0. The number of morpholine rings is 1. The van der Waals surface area contributed by atoms with Gasteiger partial charge in [0.2, 0.25) is 17.5 Å². The van der Waals surface area contributed by atoms with Crippen LogP contribution >= 0.6 is 0 Å². The lowest BCUT2D eigenvalue weighted by Gasteiger charge is -2.43. The Balaban J connectivity index is 1.41. The first-order valence-electron chi connectivity index (χ1n) is 11.0. The average Bonchev–Trinajstić information content (AvgIpc) is 3.22. The number of halogens is 3. The van der Waals surface area contributed by atoms with Gasteiger partial charge in [-0.2, -0.15) is 0 Å². The van der Waals surface area contributed by atoms with Gasteiger partial charge in [-0.3, -0.25) is 14.4 Å². The van der Waals surface area contributed by atoms with E-state index in [1.807, 2.05) is 18.2 Å². The van der Waals surface area contributed by atoms with Crippen LogP contribution in [0, 0.1) is 0 Å². The van der Waals surface area contributed by atoms with Crippen molar-refractivity contribution in [2.24, 2.45) is 0 Å². The summed E-state index contributed by atoms with van der Waals surface area (Å²) in [5.41, 5.74) is -0.589. The molecule has 2 fully saturated rings. The van der Waals surface area contributed by atoms with E-state index in [-0.39, 0.29) is 24.8 Å². The lowest BCUT2D eigenvalue weighted by molar-refractivity contribution is -0.274. The highest BCUT2D eigenvalue weighted by Crippen LogP contribution is 2.33. The third-order valence-electron chi connectivity index (χ3n) is 5.95. The molecule has 0 spiro atoms. The molecule has 0 saturated carbocycles. The number of carbonyl (C=O) groups excluding carboxylic acids is 3. The number of hydrogen-bond donors (Lipinski definition) is 2. The van der Waals surface area contributed by atoms with Gasteiger partial charge in [0, 0.05) is 5.69 Å². The molecule has 2 N–H and O–H groups in total. The molecule has 2 heterocycles. The van der Waals surface area contributed by atoms with Crippen LogP contribution in [0.2, 0.25) is 0 Å². The highest BCUT2D eigenvalue weighted by Gasteiger charge is 2.52. The maximum atomic E-state index is 13.3. The largest absolute Gasteiger partial charge is 0.573 e. The molecule has 186 valence electrons. The van der Waals surface area contributed by atoms with Gasteiger partial charge >= 0.3 is 6.36 Å². The van der Waals surface area contributed by atoms with Crippen LogP contribution in [-0.4, -0.2) is 53.4 Å². The second kappa shape index (κ2) is 9.57. The Bertz CT molecular complexity index is 1090. The van der Waals surface area contributed by atoms with Crippen LogP contribution in [0.1, 0.15) is 25.3 Å². The number of rotatable bonds is 6. The van der Waals surface area contributed by atoms with Crippen LogP contribution in [0.5, 0.6) is 5.75 Å². The molecule has 35 heavy (non-hydrogen) atoms. The molecule has 2 aliphatic rings. The summed E-state index contributed by atoms with van der Waals surface area (Å²) in [6.07, 6.45) is -3.83. The highest BCUT2D eigenvalue weighted by atomic mass is 19.4. The number of carbonyl (C=O) groups is 3. The third kappa shape index (κ3) is 5.73. The van der Waals surface area contributed by atoms with Crippen LogP contribution in [0.3, 0.4) is 0 Å². The average molecular weight is 491 g/mol. The molecule has 2 aromatic carbocycles. The Labute approximate surface area is 199 Å². The molecule has 2 aromatic rings. The van der Waals surface area contributed by atoms with Crippen molar-refractivity contribution in [1.82, 2.24) is 10.2 Å². The third-order valence-corrected chi connectivity index (χ3v) is 5.95. The molecule has 0 aliphatic carbocycles. The highest BCUT2D eigenvalue weighted by molar-refractivity contribution is 6.00. The van der Waals surface area contributed by atoms with Crippen LogP contribution in [0.4, 0.5) is 18.9 Å². The van der Waals surface area contributed by atoms with Gasteiger partial charge < -0.3 is 25.0 Å². The first-order chi connectivity index (χ1) is 16.5. The molecular formula is C24H24F3N3O5. The number of ether oxygens (including phenoxy) is 2. The van der Waals surface area contributed by atoms with Crippen molar-refractivity contribution in [2.75, 3.05) is 11.9 Å². The second-order valence-corrected chi connectivity index (χ2v) is 8.58. The number of anilines is 1. The summed E-state index contributed by atoms with van der Waals surface area (Å²) < 4.78 is 46.6. The van der Waals surface area contributed by atoms with Crippen LogP contribution in [-0.2, 0) is 25.5 Å². The van der Waals surface area contributed by atoms with E-state index in [1.165, 1.54) is 24.0 Å². The minimum absolute atomic E-state index is 0.0640. The molecule has 11 heteroatoms.